The van der Waals surface area contributed by atoms with E-state index in [1.165, 1.54) is 30.7 Å². The first-order valence-corrected chi connectivity index (χ1v) is 13.9. The number of carboxylic acid groups (broad SMARTS) is 1. The van der Waals surface area contributed by atoms with E-state index in [1.807, 2.05) is 7.05 Å². The number of likely N-dealkylation sites (N-methyl/N-ethyl adjacent to an activating group) is 1. The summed E-state index contributed by atoms with van der Waals surface area (Å²) in [5, 5.41) is 15.8. The summed E-state index contributed by atoms with van der Waals surface area (Å²) in [6, 6.07) is 2.19. The number of hydrogen-bond donors (Lipinski definition) is 3. The van der Waals surface area contributed by atoms with Gasteiger partial charge in [-0.15, -0.1) is 11.3 Å². The molecule has 1 saturated heterocycles. The Labute approximate surface area is 241 Å². The number of nitrogens with one attached hydrogen (secondary N) is 2. The van der Waals surface area contributed by atoms with Crippen LogP contribution in [0.3, 0.4) is 0 Å². The lowest BCUT2D eigenvalue weighted by molar-refractivity contribution is -0.140. The summed E-state index contributed by atoms with van der Waals surface area (Å²) in [6.45, 7) is 3.60. The maximum Gasteiger partial charge on any atom is 0.434 e. The molecular weight excluding hydrogens is 575 g/mol. The van der Waals surface area contributed by atoms with Crippen LogP contribution < -0.4 is 16.1 Å². The standard InChI is InChI=1S/C27H26F3N7O4S/c1-3-31-26(41)35-21-8-16(24-34-20(13-42-24)27(28,29)30)18(10-32-21)14-7-17-22(38)19(25(39)40)12-37(23(17)33-9-14)15-5-4-6-36(2)11-15/h7-10,12-13,15H,3-6,11H2,1-2H3,(H,39,40)(H2,31,32,35,41)/t15-/m0/s1. The smallest absolute Gasteiger partial charge is 0.434 e. The Hall–Kier alpha value is -4.37. The summed E-state index contributed by atoms with van der Waals surface area (Å²) in [7, 11) is 1.96. The predicted octanol–water partition coefficient (Wildman–Crippen LogP) is 4.71. The zero-order valence-electron chi connectivity index (χ0n) is 22.5. The van der Waals surface area contributed by atoms with Gasteiger partial charge in [-0.25, -0.2) is 24.5 Å². The molecule has 1 aliphatic rings. The molecule has 1 atom stereocenters. The fourth-order valence-electron chi connectivity index (χ4n) is 4.96. The van der Waals surface area contributed by atoms with E-state index in [4.69, 9.17) is 0 Å². The van der Waals surface area contributed by atoms with Crippen molar-refractivity contribution in [2.75, 3.05) is 32.0 Å². The van der Waals surface area contributed by atoms with E-state index in [-0.39, 0.29) is 33.4 Å². The minimum atomic E-state index is -4.67. The lowest BCUT2D eigenvalue weighted by Gasteiger charge is -2.32. The number of thiazole rings is 1. The normalized spacial score (nSPS) is 16.0. The van der Waals surface area contributed by atoms with Crippen LogP contribution in [-0.4, -0.2) is 68.2 Å². The van der Waals surface area contributed by atoms with E-state index in [9.17, 15) is 32.7 Å². The number of carbonyl (C=O) groups excluding carboxylic acids is 1. The van der Waals surface area contributed by atoms with Crippen molar-refractivity contribution < 1.29 is 27.9 Å². The van der Waals surface area contributed by atoms with Gasteiger partial charge in [0.05, 0.1) is 5.39 Å². The summed E-state index contributed by atoms with van der Waals surface area (Å²) in [6.07, 6.45) is 1.11. The molecule has 4 aromatic rings. The molecule has 0 bridgehead atoms. The molecule has 0 radical (unpaired) electrons. The number of hydrogen-bond acceptors (Lipinski definition) is 8. The molecule has 0 aliphatic carbocycles. The summed E-state index contributed by atoms with van der Waals surface area (Å²) >= 11 is 0.755. The lowest BCUT2D eigenvalue weighted by atomic mass is 10.0. The SMILES string of the molecule is CCNC(=O)Nc1cc(-c2nc(C(F)(F)F)cs2)c(-c2cnc3c(c2)c(=O)c(C(=O)O)cn3[C@H]2CCCN(C)C2)cn1. The number of amides is 2. The van der Waals surface area contributed by atoms with Gasteiger partial charge in [-0.2, -0.15) is 13.2 Å². The van der Waals surface area contributed by atoms with E-state index in [1.54, 1.807) is 11.5 Å². The van der Waals surface area contributed by atoms with Crippen LogP contribution in [0.15, 0.2) is 40.9 Å². The minimum absolute atomic E-state index is 0.000659. The van der Waals surface area contributed by atoms with Gasteiger partial charge in [-0.3, -0.25) is 10.1 Å². The number of carboxylic acids is 1. The molecule has 3 N–H and O–H groups in total. The van der Waals surface area contributed by atoms with Crippen molar-refractivity contribution in [2.24, 2.45) is 0 Å². The van der Waals surface area contributed by atoms with Gasteiger partial charge in [0.25, 0.3) is 0 Å². The van der Waals surface area contributed by atoms with E-state index < -0.39 is 34.9 Å². The Morgan fingerprint density at radius 2 is 1.98 bits per heavy atom. The average Bonchev–Trinajstić information content (AvgIpc) is 3.44. The fraction of sp³-hybridized carbons (Fsp3) is 0.333. The Balaban J connectivity index is 1.68. The molecule has 1 fully saturated rings. The first-order chi connectivity index (χ1) is 20.0. The van der Waals surface area contributed by atoms with Crippen LogP contribution >= 0.6 is 11.3 Å². The number of aromatic nitrogens is 4. The van der Waals surface area contributed by atoms with Crippen molar-refractivity contribution in [3.05, 3.63) is 57.6 Å². The number of urea groups is 1. The number of pyridine rings is 3. The highest BCUT2D eigenvalue weighted by Crippen LogP contribution is 2.39. The number of alkyl halides is 3. The second kappa shape index (κ2) is 11.5. The topological polar surface area (TPSA) is 142 Å². The minimum Gasteiger partial charge on any atom is -0.477 e. The quantitative estimate of drug-likeness (QED) is 0.289. The molecule has 15 heteroatoms. The highest BCUT2D eigenvalue weighted by Gasteiger charge is 2.34. The first-order valence-electron chi connectivity index (χ1n) is 13.0. The van der Waals surface area contributed by atoms with Crippen molar-refractivity contribution in [1.29, 1.82) is 0 Å². The van der Waals surface area contributed by atoms with Crippen LogP contribution in [0.5, 0.6) is 0 Å². The fourth-order valence-corrected chi connectivity index (χ4v) is 5.81. The Bertz CT molecular complexity index is 1740. The number of piperidine rings is 1. The Morgan fingerprint density at radius 1 is 1.19 bits per heavy atom. The Kier molecular flexibility index (Phi) is 7.97. The zero-order valence-corrected chi connectivity index (χ0v) is 23.3. The molecule has 0 saturated carbocycles. The van der Waals surface area contributed by atoms with E-state index in [0.29, 0.717) is 24.3 Å². The third kappa shape index (κ3) is 5.83. The van der Waals surface area contributed by atoms with Crippen LogP contribution in [0, 0.1) is 0 Å². The molecule has 2 amide bonds. The number of nitrogens with zero attached hydrogens (tertiary/aromatic N) is 5. The molecule has 0 spiro atoms. The van der Waals surface area contributed by atoms with Gasteiger partial charge < -0.3 is 19.9 Å². The van der Waals surface area contributed by atoms with Gasteiger partial charge >= 0.3 is 18.2 Å². The third-order valence-electron chi connectivity index (χ3n) is 6.91. The molecule has 42 heavy (non-hydrogen) atoms. The van der Waals surface area contributed by atoms with E-state index in [2.05, 4.69) is 30.5 Å². The van der Waals surface area contributed by atoms with Crippen molar-refractivity contribution >= 4 is 40.2 Å². The lowest BCUT2D eigenvalue weighted by Crippen LogP contribution is -2.34. The van der Waals surface area contributed by atoms with Gasteiger partial charge in [-0.05, 0) is 45.5 Å². The van der Waals surface area contributed by atoms with Crippen LogP contribution in [0.1, 0.15) is 41.9 Å². The molecule has 5 heterocycles. The second-order valence-electron chi connectivity index (χ2n) is 9.87. The summed E-state index contributed by atoms with van der Waals surface area (Å²) in [4.78, 5) is 52.1. The Morgan fingerprint density at radius 3 is 2.64 bits per heavy atom. The van der Waals surface area contributed by atoms with Gasteiger partial charge in [0.15, 0.2) is 5.69 Å². The monoisotopic (exact) mass is 601 g/mol. The molecule has 1 aliphatic heterocycles. The summed E-state index contributed by atoms with van der Waals surface area (Å²) in [5.41, 5.74) is -1.11. The molecule has 5 rings (SSSR count). The van der Waals surface area contributed by atoms with Crippen LogP contribution in [0.2, 0.25) is 0 Å². The zero-order chi connectivity index (χ0) is 30.2. The first kappa shape index (κ1) is 29.1. The van der Waals surface area contributed by atoms with Crippen molar-refractivity contribution in [3.63, 3.8) is 0 Å². The second-order valence-corrected chi connectivity index (χ2v) is 10.7. The number of fused-ring (bicyclic) bond motifs is 1. The van der Waals surface area contributed by atoms with Crippen molar-refractivity contribution in [1.82, 2.24) is 29.7 Å². The number of likely N-dealkylation sites (tertiary alicyclic amines) is 1. The molecular formula is C27H26F3N7O4S. The van der Waals surface area contributed by atoms with Crippen molar-refractivity contribution in [3.8, 4) is 21.7 Å². The number of halogens is 3. The van der Waals surface area contributed by atoms with Crippen LogP contribution in [0.25, 0.3) is 32.7 Å². The highest BCUT2D eigenvalue weighted by atomic mass is 32.1. The molecule has 0 unspecified atom stereocenters. The van der Waals surface area contributed by atoms with E-state index >= 15 is 0 Å². The highest BCUT2D eigenvalue weighted by molar-refractivity contribution is 7.13. The molecule has 220 valence electrons. The molecule has 11 nitrogen and oxygen atoms in total. The number of aromatic carboxylic acids is 1. The largest absolute Gasteiger partial charge is 0.477 e. The van der Waals surface area contributed by atoms with Gasteiger partial charge in [0.1, 0.15) is 22.0 Å². The van der Waals surface area contributed by atoms with Gasteiger partial charge in [-0.1, -0.05) is 0 Å². The summed E-state index contributed by atoms with van der Waals surface area (Å²) < 4.78 is 41.9. The third-order valence-corrected chi connectivity index (χ3v) is 7.79. The molecule has 0 aromatic carbocycles. The number of anilines is 1. The van der Waals surface area contributed by atoms with Gasteiger partial charge in [0.2, 0.25) is 5.43 Å². The van der Waals surface area contributed by atoms with Crippen molar-refractivity contribution in [2.45, 2.75) is 32.0 Å². The molecule has 4 aromatic heterocycles. The van der Waals surface area contributed by atoms with Crippen LogP contribution in [-0.2, 0) is 6.18 Å². The maximum atomic E-state index is 13.4. The van der Waals surface area contributed by atoms with Crippen LogP contribution in [0.4, 0.5) is 23.8 Å². The summed E-state index contributed by atoms with van der Waals surface area (Å²) in [5.74, 6) is -1.31. The number of rotatable bonds is 6. The average molecular weight is 602 g/mol. The van der Waals surface area contributed by atoms with Gasteiger partial charge in [0, 0.05) is 59.8 Å². The number of carbonyl (C=O) groups is 2. The maximum absolute atomic E-state index is 13.4. The predicted molar refractivity (Wildman–Crippen MR) is 151 cm³/mol. The van der Waals surface area contributed by atoms with E-state index in [0.717, 1.165) is 36.1 Å².